The van der Waals surface area contributed by atoms with Gasteiger partial charge in [-0.05, 0) is 211 Å². The summed E-state index contributed by atoms with van der Waals surface area (Å²) in [6.07, 6.45) is 19.8. The van der Waals surface area contributed by atoms with E-state index in [9.17, 15) is 24.0 Å². The third-order valence-corrected chi connectivity index (χ3v) is 21.0. The number of rotatable bonds is 16. The lowest BCUT2D eigenvalue weighted by Crippen LogP contribution is -2.39. The molecule has 6 atom stereocenters. The van der Waals surface area contributed by atoms with Gasteiger partial charge in [-0.25, -0.2) is 24.5 Å². The summed E-state index contributed by atoms with van der Waals surface area (Å²) in [5.41, 5.74) is 11.6. The highest BCUT2D eigenvalue weighted by atomic mass is 35.5. The van der Waals surface area contributed by atoms with E-state index in [0.29, 0.717) is 174 Å². The van der Waals surface area contributed by atoms with Crippen molar-refractivity contribution in [3.63, 3.8) is 0 Å². The highest BCUT2D eigenvalue weighted by Gasteiger charge is 2.36. The first-order valence-corrected chi connectivity index (χ1v) is 41.2. The molecule has 6 aliphatic rings. The number of imidazole rings is 3. The normalized spacial score (nSPS) is 18.7. The third-order valence-electron chi connectivity index (χ3n) is 19.9. The summed E-state index contributed by atoms with van der Waals surface area (Å²) in [7, 11) is 0. The van der Waals surface area contributed by atoms with Gasteiger partial charge in [-0.15, -0.1) is 6.42 Å². The molecule has 0 unspecified atom stereocenters. The number of benzene rings is 3. The van der Waals surface area contributed by atoms with Crippen molar-refractivity contribution in [2.24, 2.45) is 0 Å². The predicted octanol–water partition coefficient (Wildman–Crippen LogP) is 17.0. The van der Waals surface area contributed by atoms with E-state index in [-0.39, 0.29) is 81.2 Å². The molecule has 5 aromatic heterocycles. The number of aromatic nitrogens is 8. The molecule has 0 spiro atoms. The highest BCUT2D eigenvalue weighted by molar-refractivity contribution is 6.37. The minimum absolute atomic E-state index is 0. The lowest BCUT2D eigenvalue weighted by molar-refractivity contribution is -0.126. The third kappa shape index (κ3) is 26.2. The van der Waals surface area contributed by atoms with Crippen molar-refractivity contribution in [2.75, 3.05) is 95.3 Å². The van der Waals surface area contributed by atoms with Gasteiger partial charge in [-0.3, -0.25) is 39.8 Å². The molecule has 3 aromatic carbocycles. The van der Waals surface area contributed by atoms with Gasteiger partial charge in [-0.1, -0.05) is 68.7 Å². The molecule has 14 rings (SSSR count). The second-order valence-electron chi connectivity index (χ2n) is 31.2. The van der Waals surface area contributed by atoms with Gasteiger partial charge in [0.15, 0.2) is 0 Å². The molecular weight excluding hydrogens is 1620 g/mol. The maximum absolute atomic E-state index is 13.3. The Labute approximate surface area is 729 Å². The molecule has 0 saturated carbocycles. The monoisotopic (exact) mass is 1730 g/mol. The number of aryl methyl sites for hydroxylation is 2. The quantitative estimate of drug-likeness (QED) is 0.0266. The van der Waals surface area contributed by atoms with Gasteiger partial charge in [0.05, 0.1) is 97.1 Å². The van der Waals surface area contributed by atoms with Crippen LogP contribution in [0.3, 0.4) is 0 Å². The predicted molar refractivity (Wildman–Crippen MR) is 474 cm³/mol. The van der Waals surface area contributed by atoms with Crippen molar-refractivity contribution >= 4 is 122 Å². The first-order valence-electron chi connectivity index (χ1n) is 40.1. The van der Waals surface area contributed by atoms with E-state index in [1.54, 1.807) is 70.4 Å². The second-order valence-corrected chi connectivity index (χ2v) is 32.4. The number of carbonyl (C=O) groups is 6. The maximum atomic E-state index is 13.3. The van der Waals surface area contributed by atoms with Crippen LogP contribution in [-0.4, -0.2) is 198 Å². The Hall–Kier alpha value is -11.1. The molecule has 6 saturated heterocycles. The number of nitrogen functional groups attached to an aromatic ring is 1. The van der Waals surface area contributed by atoms with Crippen LogP contribution in [0.15, 0.2) is 98.6 Å². The number of nitrogens with zero attached hydrogens (tertiary/aromatic N) is 11. The maximum Gasteiger partial charge on any atom is 0.410 e. The Balaban J connectivity index is 0.000000212. The van der Waals surface area contributed by atoms with E-state index in [1.807, 2.05) is 93.4 Å². The molecule has 122 heavy (non-hydrogen) atoms. The number of carbonyl (C=O) groups excluding carboxylic acids is 6. The largest absolute Gasteiger partial charge is 0.486 e. The summed E-state index contributed by atoms with van der Waals surface area (Å²) in [5.74, 6) is 14.1. The molecule has 4 N–H and O–H groups in total. The summed E-state index contributed by atoms with van der Waals surface area (Å²) < 4.78 is 55.8. The molecule has 0 bridgehead atoms. The van der Waals surface area contributed by atoms with Crippen molar-refractivity contribution in [2.45, 2.75) is 202 Å². The lowest BCUT2D eigenvalue weighted by Gasteiger charge is -2.29. The van der Waals surface area contributed by atoms with Crippen LogP contribution in [0.1, 0.15) is 191 Å². The van der Waals surface area contributed by atoms with Crippen LogP contribution in [-0.2, 0) is 38.0 Å². The molecule has 11 heterocycles. The highest BCUT2D eigenvalue weighted by Crippen LogP contribution is 2.43. The molecule has 6 fully saturated rings. The lowest BCUT2D eigenvalue weighted by atomic mass is 10.1. The summed E-state index contributed by atoms with van der Waals surface area (Å²) >= 11 is 20.8. The zero-order valence-corrected chi connectivity index (χ0v) is 71.6. The SMILES string of the molecule is C.C.C#CC#CC#CC.C=CC(=O)N1CCCC[C@@H](n2c(NC(=O)c3ccnc(C)c3)nc3ccc(O[C@@H]4CCOC4)c(Cl)c32)C1.C=COC=O.CC(C)(C)OC(=O)N1CCCC[C@@H](n2c(N)nc3ccc(O[C@@H]4CCOC4)c(Cl)c32)C1.Cc1cc(C(=O)Nc2nc3ccc(O[C@@H]4CCOC4)c(Cl)c3n2[C@@H]2CCCCN(C(=O)OC(C)(C)C)C2)ccn1. The number of nitrogens with two attached hydrogens (primary N) is 1. The minimum Gasteiger partial charge on any atom is -0.486 e. The van der Waals surface area contributed by atoms with Crippen LogP contribution in [0.5, 0.6) is 17.2 Å². The van der Waals surface area contributed by atoms with Crippen molar-refractivity contribution in [3.05, 3.63) is 136 Å². The number of hydrogen-bond donors (Lipinski definition) is 3. The van der Waals surface area contributed by atoms with Crippen LogP contribution in [0.4, 0.5) is 27.4 Å². The first kappa shape index (κ1) is 96.4. The van der Waals surface area contributed by atoms with Gasteiger partial charge in [0.2, 0.25) is 23.8 Å². The zero-order valence-electron chi connectivity index (χ0n) is 69.3. The summed E-state index contributed by atoms with van der Waals surface area (Å²) in [6.45, 7) is 30.4. The van der Waals surface area contributed by atoms with Crippen LogP contribution in [0.2, 0.25) is 15.1 Å². The molecule has 654 valence electrons. The number of amides is 5. The molecule has 32 heteroatoms. The fourth-order valence-corrected chi connectivity index (χ4v) is 15.4. The van der Waals surface area contributed by atoms with E-state index < -0.39 is 11.2 Å². The Bertz CT molecular complexity index is 5140. The average Bonchev–Trinajstić information content (AvgIpc) is 1.62. The number of terminal acetylenes is 1. The molecule has 0 aliphatic carbocycles. The molecule has 6 aliphatic heterocycles. The molecular formula is C90H113Cl3N14O15. The zero-order chi connectivity index (χ0) is 86.2. The number of halogens is 3. The fraction of sp³-hybridized carbons (Fsp3) is 0.478. The van der Waals surface area contributed by atoms with E-state index in [2.05, 4.69) is 73.1 Å². The van der Waals surface area contributed by atoms with E-state index >= 15 is 0 Å². The number of hydrogen-bond acceptors (Lipinski definition) is 21. The number of ether oxygens (including phenoxy) is 9. The number of nitrogens with one attached hydrogen (secondary N) is 2. The number of likely N-dealkylation sites (tertiary alicyclic amines) is 3. The second kappa shape index (κ2) is 45.7. The van der Waals surface area contributed by atoms with Crippen LogP contribution in [0, 0.1) is 49.9 Å². The van der Waals surface area contributed by atoms with E-state index in [0.717, 1.165) is 100 Å². The smallest absolute Gasteiger partial charge is 0.410 e. The minimum atomic E-state index is -0.609. The number of pyridine rings is 2. The van der Waals surface area contributed by atoms with Gasteiger partial charge < -0.3 is 76.8 Å². The fourth-order valence-electron chi connectivity index (χ4n) is 14.5. The first-order chi connectivity index (χ1) is 57.6. The topological polar surface area (TPSA) is 325 Å². The van der Waals surface area contributed by atoms with Gasteiger partial charge in [0, 0.05) is 93.4 Å². The number of fused-ring (bicyclic) bond motifs is 3. The summed E-state index contributed by atoms with van der Waals surface area (Å²) in [6, 6.07) is 17.4. The van der Waals surface area contributed by atoms with Crippen molar-refractivity contribution in [1.29, 1.82) is 0 Å². The Morgan fingerprint density at radius 2 is 0.934 bits per heavy atom. The molecule has 5 amide bonds. The van der Waals surface area contributed by atoms with Crippen LogP contribution < -0.4 is 30.6 Å². The average molecular weight is 1740 g/mol. The Morgan fingerprint density at radius 1 is 0.549 bits per heavy atom. The van der Waals surface area contributed by atoms with E-state index in [4.69, 9.17) is 99.6 Å². The van der Waals surface area contributed by atoms with Crippen molar-refractivity contribution in [1.82, 2.24) is 53.3 Å². The van der Waals surface area contributed by atoms with E-state index in [1.165, 1.54) is 6.08 Å². The van der Waals surface area contributed by atoms with Crippen molar-refractivity contribution < 1.29 is 71.4 Å². The summed E-state index contributed by atoms with van der Waals surface area (Å²) in [5, 5.41) is 7.29. The van der Waals surface area contributed by atoms with Crippen LogP contribution >= 0.6 is 34.8 Å². The Morgan fingerprint density at radius 3 is 1.28 bits per heavy atom. The van der Waals surface area contributed by atoms with Crippen molar-refractivity contribution in [3.8, 4) is 53.3 Å². The molecule has 8 aromatic rings. The van der Waals surface area contributed by atoms with Gasteiger partial charge in [-0.2, -0.15) is 0 Å². The van der Waals surface area contributed by atoms with Gasteiger partial charge >= 0.3 is 12.2 Å². The summed E-state index contributed by atoms with van der Waals surface area (Å²) in [4.78, 5) is 102. The molecule has 0 radical (unpaired) electrons. The standard InChI is InChI=1S/C29H36ClN5O5.C27H30ClN5O4.C22H31ClN4O4.C7H4.C3H4O2.2CH4/c1-18-15-19(10-12-31-18)26(36)33-27-32-22-8-9-23(39-21-11-14-38-17-21)24(30)25(22)35(27)20-7-5-6-13-34(16-20)28(37)40-29(2,3)4;1-3-23(34)32-12-5-4-6-19(15-32)33-25-21(7-8-22(24(25)28)37-20-10-13-36-16-20)30-27(33)31-26(35)18-9-11-29-17(2)14-18;1-22(2,3)31-21(28)26-10-5-4-6-14(12-26)27-19-16(25-20(27)24)7-8-17(18(19)23)30-15-9-11-29-13-15;1-3-5-7-6-4-2;1-2-5-3-4;;/h8-10,12,15,20-21H,5-7,11,13-14,16-17H2,1-4H3,(H,32,33,36);3,7-9,11,14,19-20H,1,4-6,10,12-13,15-16H2,2H3,(H,30,31,35);7-8,14-15H,4-6,9-13H2,1-3H3,(H2,24,25);1H,2H3;2-3H,1H2;2*1H4/t20-,21-;19-,20-;14-,15-;;;;/m111..../s1. The van der Waals surface area contributed by atoms with Crippen LogP contribution in [0.25, 0.3) is 33.1 Å². The Kier molecular flexibility index (Phi) is 36.1. The van der Waals surface area contributed by atoms with Gasteiger partial charge in [0.1, 0.15) is 61.8 Å². The molecule has 29 nitrogen and oxygen atoms in total. The number of anilines is 3. The van der Waals surface area contributed by atoms with Gasteiger partial charge in [0.25, 0.3) is 18.3 Å².